The van der Waals surface area contributed by atoms with Gasteiger partial charge in [-0.25, -0.2) is 0 Å². The molecule has 0 fully saturated rings. The molecule has 0 amide bonds. The van der Waals surface area contributed by atoms with Crippen LogP contribution in [0.4, 0.5) is 0 Å². The van der Waals surface area contributed by atoms with Gasteiger partial charge in [0.1, 0.15) is 0 Å². The molecular weight excluding hydrogens is 214 g/mol. The maximum absolute atomic E-state index is 3.88. The SMILES string of the molecule is CNC(c1cnns1)c1ccc(C)s1. The van der Waals surface area contributed by atoms with E-state index in [1.807, 2.05) is 24.6 Å². The number of hydrogen-bond acceptors (Lipinski definition) is 5. The molecule has 1 unspecified atom stereocenters. The van der Waals surface area contributed by atoms with Crippen LogP contribution >= 0.6 is 22.9 Å². The van der Waals surface area contributed by atoms with Gasteiger partial charge in [-0.05, 0) is 37.6 Å². The summed E-state index contributed by atoms with van der Waals surface area (Å²) >= 11 is 3.25. The third kappa shape index (κ3) is 1.84. The van der Waals surface area contributed by atoms with Gasteiger partial charge >= 0.3 is 0 Å². The van der Waals surface area contributed by atoms with E-state index in [0.717, 1.165) is 4.88 Å². The Morgan fingerprint density at radius 2 is 2.21 bits per heavy atom. The van der Waals surface area contributed by atoms with Crippen LogP contribution in [-0.2, 0) is 0 Å². The third-order valence-electron chi connectivity index (χ3n) is 2.00. The number of thiophene rings is 1. The summed E-state index contributed by atoms with van der Waals surface area (Å²) in [6.45, 7) is 2.12. The lowest BCUT2D eigenvalue weighted by molar-refractivity contribution is 0.714. The van der Waals surface area contributed by atoms with Crippen LogP contribution in [0.3, 0.4) is 0 Å². The molecule has 2 aromatic rings. The summed E-state index contributed by atoms with van der Waals surface area (Å²) in [5, 5.41) is 7.13. The molecule has 0 saturated carbocycles. The molecule has 2 heterocycles. The minimum absolute atomic E-state index is 0.244. The maximum atomic E-state index is 3.88. The lowest BCUT2D eigenvalue weighted by Gasteiger charge is -2.10. The minimum Gasteiger partial charge on any atom is -0.308 e. The van der Waals surface area contributed by atoms with Gasteiger partial charge in [0, 0.05) is 9.75 Å². The Morgan fingerprint density at radius 3 is 2.71 bits per heavy atom. The van der Waals surface area contributed by atoms with Gasteiger partial charge in [0.2, 0.25) is 0 Å². The predicted octanol–water partition coefficient (Wildman–Crippen LogP) is 2.22. The fourth-order valence-corrected chi connectivity index (χ4v) is 3.05. The number of aromatic nitrogens is 2. The number of aryl methyl sites for hydroxylation is 1. The Morgan fingerprint density at radius 1 is 1.36 bits per heavy atom. The molecule has 0 radical (unpaired) electrons. The first kappa shape index (κ1) is 9.76. The summed E-state index contributed by atoms with van der Waals surface area (Å²) in [7, 11) is 1.96. The molecule has 0 bridgehead atoms. The molecule has 5 heteroatoms. The van der Waals surface area contributed by atoms with Crippen LogP contribution in [0.15, 0.2) is 18.3 Å². The molecule has 2 rings (SSSR count). The summed E-state index contributed by atoms with van der Waals surface area (Å²) < 4.78 is 3.88. The molecule has 2 aromatic heterocycles. The third-order valence-corrected chi connectivity index (χ3v) is 3.79. The Bertz CT molecular complexity index is 394. The quantitative estimate of drug-likeness (QED) is 0.870. The van der Waals surface area contributed by atoms with Crippen LogP contribution in [-0.4, -0.2) is 16.6 Å². The van der Waals surface area contributed by atoms with Crippen LogP contribution in [0.1, 0.15) is 20.7 Å². The molecule has 0 aliphatic carbocycles. The van der Waals surface area contributed by atoms with E-state index in [-0.39, 0.29) is 6.04 Å². The van der Waals surface area contributed by atoms with E-state index < -0.39 is 0 Å². The Hall–Kier alpha value is -0.780. The maximum Gasteiger partial charge on any atom is 0.0795 e. The molecule has 0 aliphatic heterocycles. The average molecular weight is 225 g/mol. The van der Waals surface area contributed by atoms with Crippen molar-refractivity contribution in [3.63, 3.8) is 0 Å². The number of rotatable bonds is 3. The van der Waals surface area contributed by atoms with Crippen molar-refractivity contribution in [3.8, 4) is 0 Å². The van der Waals surface area contributed by atoms with Crippen molar-refractivity contribution < 1.29 is 0 Å². The van der Waals surface area contributed by atoms with Gasteiger partial charge in [0.05, 0.1) is 17.1 Å². The smallest absolute Gasteiger partial charge is 0.0795 e. The largest absolute Gasteiger partial charge is 0.308 e. The first-order valence-corrected chi connectivity index (χ1v) is 5.91. The standard InChI is InChI=1S/C9H11N3S2/c1-6-3-4-7(13-6)9(10-2)8-5-11-12-14-8/h3-5,9-10H,1-2H3. The van der Waals surface area contributed by atoms with Crippen molar-refractivity contribution in [2.75, 3.05) is 7.05 Å². The summed E-state index contributed by atoms with van der Waals surface area (Å²) in [4.78, 5) is 3.81. The molecule has 0 spiro atoms. The van der Waals surface area contributed by atoms with Crippen molar-refractivity contribution in [1.82, 2.24) is 14.9 Å². The molecule has 1 atom stereocenters. The van der Waals surface area contributed by atoms with E-state index in [0.29, 0.717) is 0 Å². The van der Waals surface area contributed by atoms with E-state index in [2.05, 4.69) is 34.0 Å². The highest BCUT2D eigenvalue weighted by molar-refractivity contribution is 7.12. The summed E-state index contributed by atoms with van der Waals surface area (Å²) in [5.41, 5.74) is 0. The number of nitrogens with one attached hydrogen (secondary N) is 1. The van der Waals surface area contributed by atoms with Gasteiger partial charge in [-0.2, -0.15) is 0 Å². The molecule has 14 heavy (non-hydrogen) atoms. The Balaban J connectivity index is 2.31. The van der Waals surface area contributed by atoms with Crippen molar-refractivity contribution in [1.29, 1.82) is 0 Å². The van der Waals surface area contributed by atoms with Gasteiger partial charge in [-0.3, -0.25) is 0 Å². The van der Waals surface area contributed by atoms with Gasteiger partial charge in [-0.1, -0.05) is 4.49 Å². The highest BCUT2D eigenvalue weighted by atomic mass is 32.1. The van der Waals surface area contributed by atoms with Crippen LogP contribution in [0.25, 0.3) is 0 Å². The fraction of sp³-hybridized carbons (Fsp3) is 0.333. The second-order valence-corrected chi connectivity index (χ2v) is 5.13. The first-order valence-electron chi connectivity index (χ1n) is 4.32. The van der Waals surface area contributed by atoms with E-state index in [9.17, 15) is 0 Å². The lowest BCUT2D eigenvalue weighted by Crippen LogP contribution is -2.14. The zero-order valence-corrected chi connectivity index (χ0v) is 9.65. The number of hydrogen-bond donors (Lipinski definition) is 1. The predicted molar refractivity (Wildman–Crippen MR) is 59.9 cm³/mol. The van der Waals surface area contributed by atoms with Crippen LogP contribution in [0, 0.1) is 6.92 Å². The summed E-state index contributed by atoms with van der Waals surface area (Å²) in [6.07, 6.45) is 1.82. The Labute approximate surface area is 91.0 Å². The van der Waals surface area contributed by atoms with Gasteiger partial charge < -0.3 is 5.32 Å². The first-order chi connectivity index (χ1) is 6.81. The Kier molecular flexibility index (Phi) is 2.90. The second kappa shape index (κ2) is 4.16. The molecule has 0 aromatic carbocycles. The zero-order chi connectivity index (χ0) is 9.97. The highest BCUT2D eigenvalue weighted by Gasteiger charge is 2.15. The van der Waals surface area contributed by atoms with Gasteiger partial charge in [0.15, 0.2) is 0 Å². The van der Waals surface area contributed by atoms with Gasteiger partial charge in [-0.15, -0.1) is 16.4 Å². The van der Waals surface area contributed by atoms with E-state index in [1.165, 1.54) is 21.3 Å². The molecule has 1 N–H and O–H groups in total. The normalized spacial score (nSPS) is 13.0. The fourth-order valence-electron chi connectivity index (χ4n) is 1.34. The van der Waals surface area contributed by atoms with E-state index in [1.54, 1.807) is 0 Å². The summed E-state index contributed by atoms with van der Waals surface area (Å²) in [6, 6.07) is 4.54. The second-order valence-electron chi connectivity index (χ2n) is 2.99. The topological polar surface area (TPSA) is 37.8 Å². The molecule has 3 nitrogen and oxygen atoms in total. The summed E-state index contributed by atoms with van der Waals surface area (Å²) in [5.74, 6) is 0. The minimum atomic E-state index is 0.244. The highest BCUT2D eigenvalue weighted by Crippen LogP contribution is 2.28. The van der Waals surface area contributed by atoms with Crippen LogP contribution in [0.5, 0.6) is 0 Å². The van der Waals surface area contributed by atoms with Crippen molar-refractivity contribution >= 4 is 22.9 Å². The molecule has 74 valence electrons. The van der Waals surface area contributed by atoms with Crippen molar-refractivity contribution in [2.24, 2.45) is 0 Å². The van der Waals surface area contributed by atoms with E-state index in [4.69, 9.17) is 0 Å². The lowest BCUT2D eigenvalue weighted by atomic mass is 10.2. The van der Waals surface area contributed by atoms with Gasteiger partial charge in [0.25, 0.3) is 0 Å². The number of nitrogens with zero attached hydrogens (tertiary/aromatic N) is 2. The monoisotopic (exact) mass is 225 g/mol. The van der Waals surface area contributed by atoms with Crippen LogP contribution < -0.4 is 5.32 Å². The van der Waals surface area contributed by atoms with E-state index >= 15 is 0 Å². The zero-order valence-electron chi connectivity index (χ0n) is 8.02. The molecular formula is C9H11N3S2. The van der Waals surface area contributed by atoms with Crippen molar-refractivity contribution in [3.05, 3.63) is 33.0 Å². The molecule has 0 saturated heterocycles. The molecule has 0 aliphatic rings. The average Bonchev–Trinajstić information content (AvgIpc) is 2.79. The van der Waals surface area contributed by atoms with Crippen LogP contribution in [0.2, 0.25) is 0 Å². The van der Waals surface area contributed by atoms with Crippen molar-refractivity contribution in [2.45, 2.75) is 13.0 Å².